The number of nitrogens with zero attached hydrogens (tertiary/aromatic N) is 3. The van der Waals surface area contributed by atoms with Gasteiger partial charge in [-0.2, -0.15) is 0 Å². The third-order valence-electron chi connectivity index (χ3n) is 6.58. The van der Waals surface area contributed by atoms with E-state index in [1.807, 2.05) is 6.20 Å². The first kappa shape index (κ1) is 17.7. The zero-order valence-electron chi connectivity index (χ0n) is 16.5. The van der Waals surface area contributed by atoms with Gasteiger partial charge in [-0.05, 0) is 43.4 Å². The average Bonchev–Trinajstić information content (AvgIpc) is 2.97. The second-order valence-electron chi connectivity index (χ2n) is 9.66. The number of aromatic nitrogens is 2. The Morgan fingerprint density at radius 3 is 2.50 bits per heavy atom. The molecule has 2 aromatic heterocycles. The molecule has 3 aliphatic rings. The van der Waals surface area contributed by atoms with Crippen LogP contribution in [0.3, 0.4) is 0 Å². The Morgan fingerprint density at radius 1 is 1.27 bits per heavy atom. The lowest BCUT2D eigenvalue weighted by Gasteiger charge is -2.56. The van der Waals surface area contributed by atoms with E-state index in [0.29, 0.717) is 11.8 Å². The van der Waals surface area contributed by atoms with Gasteiger partial charge in [-0.3, -0.25) is 9.69 Å². The summed E-state index contributed by atoms with van der Waals surface area (Å²) in [6.45, 7) is 13.5. The van der Waals surface area contributed by atoms with E-state index in [4.69, 9.17) is 10.7 Å². The van der Waals surface area contributed by atoms with Gasteiger partial charge in [-0.25, -0.2) is 4.98 Å². The summed E-state index contributed by atoms with van der Waals surface area (Å²) in [5.74, 6) is 1.88. The molecular formula is C20H30N4OSi. The summed E-state index contributed by atoms with van der Waals surface area (Å²) < 4.78 is 2.28. The number of nitrogens with two attached hydrogens (primary N) is 1. The van der Waals surface area contributed by atoms with Crippen molar-refractivity contribution in [2.45, 2.75) is 45.4 Å². The molecule has 2 N–H and O–H groups in total. The number of piperidine rings is 2. The molecule has 0 aromatic carbocycles. The van der Waals surface area contributed by atoms with Gasteiger partial charge in [0.15, 0.2) is 0 Å². The molecule has 26 heavy (non-hydrogen) atoms. The monoisotopic (exact) mass is 370 g/mol. The molecule has 1 amide bonds. The highest BCUT2D eigenvalue weighted by atomic mass is 28.3. The first-order valence-electron chi connectivity index (χ1n) is 9.62. The molecule has 2 bridgehead atoms. The van der Waals surface area contributed by atoms with Gasteiger partial charge in [-0.15, -0.1) is 0 Å². The second-order valence-corrected chi connectivity index (χ2v) is 14.7. The quantitative estimate of drug-likeness (QED) is 0.839. The van der Waals surface area contributed by atoms with Crippen LogP contribution in [0.25, 0.3) is 5.52 Å². The highest BCUT2D eigenvalue weighted by Crippen LogP contribution is 2.48. The number of pyridine rings is 1. The van der Waals surface area contributed by atoms with Gasteiger partial charge in [0.05, 0.1) is 25.3 Å². The topological polar surface area (TPSA) is 63.6 Å². The Hall–Kier alpha value is -1.66. The number of amides is 1. The Kier molecular flexibility index (Phi) is 3.86. The number of carbonyl (C=O) groups excluding carboxylic acids is 1. The van der Waals surface area contributed by atoms with Crippen molar-refractivity contribution < 1.29 is 4.79 Å². The first-order valence-corrected chi connectivity index (χ1v) is 13.1. The number of imidazole rings is 1. The fraction of sp³-hybridized carbons (Fsp3) is 0.600. The molecule has 2 atom stereocenters. The van der Waals surface area contributed by atoms with Crippen molar-refractivity contribution >= 4 is 24.7 Å². The maximum Gasteiger partial charge on any atom is 0.221 e. The van der Waals surface area contributed by atoms with Crippen molar-refractivity contribution in [2.24, 2.45) is 23.5 Å². The molecule has 2 unspecified atom stereocenters. The minimum absolute atomic E-state index is 0.0811. The molecule has 3 fully saturated rings. The predicted octanol–water partition coefficient (Wildman–Crippen LogP) is 2.17. The highest BCUT2D eigenvalue weighted by molar-refractivity contribution is 6.90. The van der Waals surface area contributed by atoms with Gasteiger partial charge in [0.25, 0.3) is 0 Å². The van der Waals surface area contributed by atoms with Crippen LogP contribution in [0.4, 0.5) is 0 Å². The van der Waals surface area contributed by atoms with E-state index in [0.717, 1.165) is 25.3 Å². The average molecular weight is 371 g/mol. The van der Waals surface area contributed by atoms with Gasteiger partial charge in [0.2, 0.25) is 5.91 Å². The number of hydrogen-bond donors (Lipinski definition) is 1. The van der Waals surface area contributed by atoms with E-state index in [9.17, 15) is 4.79 Å². The summed E-state index contributed by atoms with van der Waals surface area (Å²) in [6.07, 6.45) is 5.32. The summed E-state index contributed by atoms with van der Waals surface area (Å²) in [7, 11) is -1.43. The van der Waals surface area contributed by atoms with E-state index in [1.165, 1.54) is 10.7 Å². The molecule has 5 nitrogen and oxygen atoms in total. The molecule has 5 rings (SSSR count). The van der Waals surface area contributed by atoms with Gasteiger partial charge in [0.1, 0.15) is 5.82 Å². The van der Waals surface area contributed by atoms with Crippen LogP contribution in [0.1, 0.15) is 26.1 Å². The maximum absolute atomic E-state index is 11.7. The summed E-state index contributed by atoms with van der Waals surface area (Å²) >= 11 is 0. The standard InChI is InChI=1S/C20H30N4OSi/c1-20(2,23-11-13-9-14(12-23)17(13)18(21)25)19-22-10-15-16(26(3,4)5)7-6-8-24(15)19/h6-8,10,13-14,17H,9,11-12H2,1-5H3,(H2,21,25). The van der Waals surface area contributed by atoms with Crippen molar-refractivity contribution in [3.8, 4) is 0 Å². The highest BCUT2D eigenvalue weighted by Gasteiger charge is 2.52. The summed E-state index contributed by atoms with van der Waals surface area (Å²) in [4.78, 5) is 19.0. The molecule has 6 heteroatoms. The molecule has 140 valence electrons. The lowest BCUT2D eigenvalue weighted by Crippen LogP contribution is -2.62. The summed E-state index contributed by atoms with van der Waals surface area (Å²) in [6, 6.07) is 4.41. The Balaban J connectivity index is 1.68. The minimum Gasteiger partial charge on any atom is -0.369 e. The smallest absolute Gasteiger partial charge is 0.221 e. The number of fused-ring (bicyclic) bond motifs is 3. The van der Waals surface area contributed by atoms with E-state index < -0.39 is 8.07 Å². The minimum atomic E-state index is -1.43. The van der Waals surface area contributed by atoms with Crippen LogP contribution >= 0.6 is 0 Å². The molecule has 0 spiro atoms. The maximum atomic E-state index is 11.7. The molecule has 2 saturated heterocycles. The Labute approximate surface area is 156 Å². The summed E-state index contributed by atoms with van der Waals surface area (Å²) in [5, 5.41) is 1.45. The SMILES string of the molecule is CC(C)(c1ncc2c([Si](C)(C)C)cccn12)N1CC2CC(C1)C2C(N)=O. The fourth-order valence-electron chi connectivity index (χ4n) is 5.06. The van der Waals surface area contributed by atoms with Crippen LogP contribution in [0.15, 0.2) is 24.5 Å². The van der Waals surface area contributed by atoms with Crippen molar-refractivity contribution in [2.75, 3.05) is 13.1 Å². The Bertz CT molecular complexity index is 854. The van der Waals surface area contributed by atoms with E-state index in [1.54, 1.807) is 0 Å². The van der Waals surface area contributed by atoms with Gasteiger partial charge in [0, 0.05) is 25.2 Å². The molecule has 2 aromatic rings. The van der Waals surface area contributed by atoms with Crippen molar-refractivity contribution in [1.82, 2.24) is 14.3 Å². The number of hydrogen-bond acceptors (Lipinski definition) is 3. The largest absolute Gasteiger partial charge is 0.369 e. The van der Waals surface area contributed by atoms with Crippen molar-refractivity contribution in [1.29, 1.82) is 0 Å². The van der Waals surface area contributed by atoms with Crippen LogP contribution in [0.5, 0.6) is 0 Å². The third kappa shape index (κ3) is 2.53. The third-order valence-corrected chi connectivity index (χ3v) is 8.62. The summed E-state index contributed by atoms with van der Waals surface area (Å²) in [5.41, 5.74) is 6.66. The Morgan fingerprint density at radius 2 is 1.92 bits per heavy atom. The van der Waals surface area contributed by atoms with E-state index in [2.05, 4.69) is 61.1 Å². The van der Waals surface area contributed by atoms with Crippen LogP contribution in [-0.2, 0) is 10.3 Å². The normalized spacial score (nSPS) is 26.7. The number of primary amides is 1. The van der Waals surface area contributed by atoms with Crippen LogP contribution in [0, 0.1) is 17.8 Å². The zero-order chi connectivity index (χ0) is 18.9. The molecule has 1 saturated carbocycles. The van der Waals surface area contributed by atoms with Gasteiger partial charge in [-0.1, -0.05) is 25.7 Å². The molecule has 1 aliphatic carbocycles. The van der Waals surface area contributed by atoms with Crippen LogP contribution in [-0.4, -0.2) is 41.4 Å². The van der Waals surface area contributed by atoms with Crippen LogP contribution < -0.4 is 10.9 Å². The molecule has 2 aliphatic heterocycles. The van der Waals surface area contributed by atoms with E-state index in [-0.39, 0.29) is 17.4 Å². The molecular weight excluding hydrogens is 340 g/mol. The van der Waals surface area contributed by atoms with Gasteiger partial charge >= 0.3 is 0 Å². The fourth-order valence-corrected chi connectivity index (χ4v) is 6.61. The molecule has 4 heterocycles. The lowest BCUT2D eigenvalue weighted by atomic mass is 9.60. The zero-order valence-corrected chi connectivity index (χ0v) is 17.5. The van der Waals surface area contributed by atoms with Gasteiger partial charge < -0.3 is 10.1 Å². The van der Waals surface area contributed by atoms with Crippen molar-refractivity contribution in [3.63, 3.8) is 0 Å². The predicted molar refractivity (Wildman–Crippen MR) is 107 cm³/mol. The van der Waals surface area contributed by atoms with Crippen LogP contribution in [0.2, 0.25) is 19.6 Å². The van der Waals surface area contributed by atoms with Crippen molar-refractivity contribution in [3.05, 3.63) is 30.4 Å². The lowest BCUT2D eigenvalue weighted by molar-refractivity contribution is -0.143. The molecule has 0 radical (unpaired) electrons. The first-order chi connectivity index (χ1) is 12.1. The second kappa shape index (κ2) is 5.66. The number of rotatable bonds is 4. The number of carbonyl (C=O) groups is 1. The van der Waals surface area contributed by atoms with E-state index >= 15 is 0 Å².